The topological polar surface area (TPSA) is 42.0 Å². The van der Waals surface area contributed by atoms with Crippen molar-refractivity contribution in [3.63, 3.8) is 0 Å². The summed E-state index contributed by atoms with van der Waals surface area (Å²) in [6.07, 6.45) is -1.84. The van der Waals surface area contributed by atoms with Crippen molar-refractivity contribution in [2.24, 2.45) is 0 Å². The summed E-state index contributed by atoms with van der Waals surface area (Å²) < 4.78 is 39.6. The number of nitrogens with zero attached hydrogens (tertiary/aromatic N) is 1. The maximum absolute atomic E-state index is 12.9. The van der Waals surface area contributed by atoms with Crippen LogP contribution >= 0.6 is 23.1 Å². The van der Waals surface area contributed by atoms with Gasteiger partial charge in [0.15, 0.2) is 0 Å². The number of carbonyl (C=O) groups is 1. The Morgan fingerprint density at radius 1 is 1.21 bits per heavy atom. The molecule has 0 aliphatic carbocycles. The number of fused-ring (bicyclic) bond motifs is 1. The van der Waals surface area contributed by atoms with Crippen LogP contribution in [0.3, 0.4) is 0 Å². The largest absolute Gasteiger partial charge is 0.416 e. The number of thiazole rings is 1. The van der Waals surface area contributed by atoms with Crippen molar-refractivity contribution in [2.75, 3.05) is 12.0 Å². The van der Waals surface area contributed by atoms with Crippen LogP contribution in [0.4, 0.5) is 13.2 Å². The molecule has 3 rings (SSSR count). The summed E-state index contributed by atoms with van der Waals surface area (Å²) in [5.41, 5.74) is 0.465. The maximum atomic E-state index is 12.9. The summed E-state index contributed by atoms with van der Waals surface area (Å²) in [5.74, 6) is 0.523. The first-order valence-corrected chi connectivity index (χ1v) is 10.9. The highest BCUT2D eigenvalue weighted by Gasteiger charge is 2.30. The van der Waals surface area contributed by atoms with Gasteiger partial charge in [-0.05, 0) is 42.2 Å². The van der Waals surface area contributed by atoms with E-state index in [1.54, 1.807) is 11.8 Å². The number of hydrogen-bond donors (Lipinski definition) is 1. The third kappa shape index (κ3) is 5.26. The lowest BCUT2D eigenvalue weighted by molar-refractivity contribution is -0.137. The van der Waals surface area contributed by atoms with E-state index in [0.29, 0.717) is 12.0 Å². The molecule has 0 bridgehead atoms. The average Bonchev–Trinajstić information content (AvgIpc) is 3.08. The van der Waals surface area contributed by atoms with Gasteiger partial charge in [-0.15, -0.1) is 11.3 Å². The molecule has 1 unspecified atom stereocenters. The van der Waals surface area contributed by atoms with E-state index in [-0.39, 0.29) is 18.4 Å². The third-order valence-corrected chi connectivity index (χ3v) is 5.97. The van der Waals surface area contributed by atoms with Gasteiger partial charge in [0.2, 0.25) is 5.91 Å². The van der Waals surface area contributed by atoms with E-state index in [1.165, 1.54) is 23.5 Å². The minimum absolute atomic E-state index is 0.107. The first-order valence-electron chi connectivity index (χ1n) is 8.66. The molecule has 0 aliphatic heterocycles. The fourth-order valence-electron chi connectivity index (χ4n) is 2.82. The molecule has 1 heterocycles. The van der Waals surface area contributed by atoms with Crippen molar-refractivity contribution in [1.29, 1.82) is 0 Å². The van der Waals surface area contributed by atoms with Crippen LogP contribution in [0.2, 0.25) is 0 Å². The lowest BCUT2D eigenvalue weighted by Crippen LogP contribution is -2.30. The van der Waals surface area contributed by atoms with Gasteiger partial charge in [-0.2, -0.15) is 24.9 Å². The number of halogens is 3. The van der Waals surface area contributed by atoms with Gasteiger partial charge in [0.1, 0.15) is 5.01 Å². The number of rotatable bonds is 7. The molecule has 1 amide bonds. The molecule has 148 valence electrons. The highest BCUT2D eigenvalue weighted by Crippen LogP contribution is 2.30. The highest BCUT2D eigenvalue weighted by atomic mass is 32.2. The summed E-state index contributed by atoms with van der Waals surface area (Å²) in [7, 11) is 0. The lowest BCUT2D eigenvalue weighted by Gasteiger charge is -2.16. The summed E-state index contributed by atoms with van der Waals surface area (Å²) in [6, 6.07) is 12.4. The van der Waals surface area contributed by atoms with Crippen LogP contribution < -0.4 is 5.32 Å². The van der Waals surface area contributed by atoms with Crippen LogP contribution in [0.5, 0.6) is 0 Å². The minimum Gasteiger partial charge on any atom is -0.347 e. The predicted octanol–water partition coefficient (Wildman–Crippen LogP) is 5.47. The molecule has 0 aliphatic rings. The Hall–Kier alpha value is -2.06. The summed E-state index contributed by atoms with van der Waals surface area (Å²) in [6.45, 7) is 0. The van der Waals surface area contributed by atoms with Crippen molar-refractivity contribution in [3.05, 3.63) is 64.7 Å². The second kappa shape index (κ2) is 8.96. The first-order chi connectivity index (χ1) is 13.4. The molecule has 3 nitrogen and oxygen atoms in total. The number of hydrogen-bond acceptors (Lipinski definition) is 4. The van der Waals surface area contributed by atoms with E-state index in [4.69, 9.17) is 0 Å². The van der Waals surface area contributed by atoms with Gasteiger partial charge in [0, 0.05) is 0 Å². The molecule has 0 radical (unpaired) electrons. The number of para-hydroxylation sites is 1. The molecule has 2 aromatic carbocycles. The zero-order chi connectivity index (χ0) is 20.1. The van der Waals surface area contributed by atoms with Gasteiger partial charge in [-0.3, -0.25) is 4.79 Å². The van der Waals surface area contributed by atoms with Crippen LogP contribution in [0.15, 0.2) is 48.5 Å². The maximum Gasteiger partial charge on any atom is 0.416 e. The normalized spacial score (nSPS) is 12.9. The van der Waals surface area contributed by atoms with E-state index in [2.05, 4.69) is 10.3 Å². The smallest absolute Gasteiger partial charge is 0.347 e. The molecule has 3 aromatic rings. The first kappa shape index (κ1) is 20.7. The predicted molar refractivity (Wildman–Crippen MR) is 109 cm³/mol. The Balaban J connectivity index is 1.74. The van der Waals surface area contributed by atoms with Gasteiger partial charge >= 0.3 is 6.18 Å². The fraction of sp³-hybridized carbons (Fsp3) is 0.300. The molecule has 0 saturated heterocycles. The zero-order valence-corrected chi connectivity index (χ0v) is 16.8. The number of nitrogens with one attached hydrogen (secondary N) is 1. The molecule has 1 aromatic heterocycles. The SMILES string of the molecule is CSCCC(NC(=O)Cc1cccc(C(F)(F)F)c1)c1nc2ccccc2s1. The molecular formula is C20H19F3N2OS2. The van der Waals surface area contributed by atoms with Crippen LogP contribution in [0, 0.1) is 0 Å². The molecule has 0 fully saturated rings. The Labute approximate surface area is 169 Å². The molecule has 1 N–H and O–H groups in total. The molecule has 1 atom stereocenters. The summed E-state index contributed by atoms with van der Waals surface area (Å²) in [5, 5.41) is 3.76. The molecule has 28 heavy (non-hydrogen) atoms. The monoisotopic (exact) mass is 424 g/mol. The van der Waals surface area contributed by atoms with Crippen LogP contribution in [0.1, 0.15) is 28.6 Å². The van der Waals surface area contributed by atoms with Crippen molar-refractivity contribution in [2.45, 2.75) is 25.1 Å². The molecule has 0 spiro atoms. The number of thioether (sulfide) groups is 1. The highest BCUT2D eigenvalue weighted by molar-refractivity contribution is 7.98. The second-order valence-electron chi connectivity index (χ2n) is 6.30. The van der Waals surface area contributed by atoms with Crippen molar-refractivity contribution in [1.82, 2.24) is 10.3 Å². The molecule has 8 heteroatoms. The summed E-state index contributed by atoms with van der Waals surface area (Å²) >= 11 is 3.19. The van der Waals surface area contributed by atoms with E-state index >= 15 is 0 Å². The van der Waals surface area contributed by atoms with E-state index < -0.39 is 11.7 Å². The Morgan fingerprint density at radius 2 is 2.00 bits per heavy atom. The molecule has 0 saturated carbocycles. The number of amides is 1. The van der Waals surface area contributed by atoms with Gasteiger partial charge in [0.25, 0.3) is 0 Å². The van der Waals surface area contributed by atoms with Gasteiger partial charge in [-0.25, -0.2) is 4.98 Å². The van der Waals surface area contributed by atoms with Gasteiger partial charge in [0.05, 0.1) is 28.2 Å². The average molecular weight is 425 g/mol. The summed E-state index contributed by atoms with van der Waals surface area (Å²) in [4.78, 5) is 17.1. The number of alkyl halides is 3. The second-order valence-corrected chi connectivity index (χ2v) is 8.34. The van der Waals surface area contributed by atoms with Crippen molar-refractivity contribution < 1.29 is 18.0 Å². The Bertz CT molecular complexity index is 923. The van der Waals surface area contributed by atoms with Crippen molar-refractivity contribution in [3.8, 4) is 0 Å². The number of aromatic nitrogens is 1. The Kier molecular flexibility index (Phi) is 6.61. The lowest BCUT2D eigenvalue weighted by atomic mass is 10.1. The van der Waals surface area contributed by atoms with E-state index in [9.17, 15) is 18.0 Å². The van der Waals surface area contributed by atoms with E-state index in [0.717, 1.165) is 33.1 Å². The quantitative estimate of drug-likeness (QED) is 0.547. The zero-order valence-electron chi connectivity index (χ0n) is 15.1. The van der Waals surface area contributed by atoms with E-state index in [1.807, 2.05) is 30.5 Å². The Morgan fingerprint density at radius 3 is 2.71 bits per heavy atom. The number of carbonyl (C=O) groups excluding carboxylic acids is 1. The fourth-order valence-corrected chi connectivity index (χ4v) is 4.35. The standard InChI is InChI=1S/C20H19F3N2OS2/c1-27-10-9-16(19-25-15-7-2-3-8-17(15)28-19)24-18(26)12-13-5-4-6-14(11-13)20(21,22)23/h2-8,11,16H,9-10,12H2,1H3,(H,24,26). The molecular weight excluding hydrogens is 405 g/mol. The van der Waals surface area contributed by atoms with Gasteiger partial charge in [-0.1, -0.05) is 30.3 Å². The van der Waals surface area contributed by atoms with Gasteiger partial charge < -0.3 is 5.32 Å². The van der Waals surface area contributed by atoms with Crippen LogP contribution in [-0.2, 0) is 17.4 Å². The van der Waals surface area contributed by atoms with Crippen LogP contribution in [-0.4, -0.2) is 22.9 Å². The van der Waals surface area contributed by atoms with Crippen LogP contribution in [0.25, 0.3) is 10.2 Å². The van der Waals surface area contributed by atoms with Crippen molar-refractivity contribution >= 4 is 39.2 Å². The minimum atomic E-state index is -4.42. The third-order valence-electron chi connectivity index (χ3n) is 4.17. The number of benzene rings is 2.